The van der Waals surface area contributed by atoms with E-state index in [1.807, 2.05) is 0 Å². The summed E-state index contributed by atoms with van der Waals surface area (Å²) in [5, 5.41) is 8.97. The molecular weight excluding hydrogens is 176 g/mol. The Kier molecular flexibility index (Phi) is 2.38. The molecular formula is C12H18O2. The first-order valence-corrected chi connectivity index (χ1v) is 5.59. The first-order valence-electron chi connectivity index (χ1n) is 5.59. The molecule has 1 N–H and O–H groups in total. The molecule has 2 aliphatic carbocycles. The molecule has 0 amide bonds. The number of allylic oxidation sites excluding steroid dienone is 1. The molecule has 0 saturated heterocycles. The summed E-state index contributed by atoms with van der Waals surface area (Å²) in [6.07, 6.45) is 8.62. The molecule has 2 aliphatic rings. The van der Waals surface area contributed by atoms with E-state index in [9.17, 15) is 4.79 Å². The first kappa shape index (κ1) is 9.75. The van der Waals surface area contributed by atoms with Gasteiger partial charge in [-0.05, 0) is 38.0 Å². The minimum absolute atomic E-state index is 0.320. The van der Waals surface area contributed by atoms with Crippen LogP contribution in [0.3, 0.4) is 0 Å². The van der Waals surface area contributed by atoms with Crippen molar-refractivity contribution in [1.82, 2.24) is 0 Å². The summed E-state index contributed by atoms with van der Waals surface area (Å²) < 4.78 is 0. The lowest BCUT2D eigenvalue weighted by atomic mass is 9.56. The lowest BCUT2D eigenvalue weighted by Gasteiger charge is -2.48. The smallest absolute Gasteiger partial charge is 0.331 e. The third-order valence-corrected chi connectivity index (χ3v) is 4.08. The zero-order valence-corrected chi connectivity index (χ0v) is 8.81. The van der Waals surface area contributed by atoms with Crippen LogP contribution in [0.25, 0.3) is 0 Å². The van der Waals surface area contributed by atoms with Gasteiger partial charge in [0.05, 0.1) is 0 Å². The van der Waals surface area contributed by atoms with Crippen LogP contribution in [0.1, 0.15) is 51.9 Å². The second-order valence-electron chi connectivity index (χ2n) is 4.75. The fourth-order valence-corrected chi connectivity index (χ4v) is 3.10. The Morgan fingerprint density at radius 2 is 1.86 bits per heavy atom. The van der Waals surface area contributed by atoms with E-state index in [0.717, 1.165) is 6.42 Å². The van der Waals surface area contributed by atoms with Crippen LogP contribution in [0.2, 0.25) is 0 Å². The highest BCUT2D eigenvalue weighted by atomic mass is 16.4. The first-order chi connectivity index (χ1) is 6.66. The highest BCUT2D eigenvalue weighted by Crippen LogP contribution is 2.56. The predicted molar refractivity (Wildman–Crippen MR) is 55.1 cm³/mol. The molecule has 14 heavy (non-hydrogen) atoms. The number of hydrogen-bond acceptors (Lipinski definition) is 1. The topological polar surface area (TPSA) is 37.3 Å². The fraction of sp³-hybridized carbons (Fsp3) is 0.750. The Labute approximate surface area is 85.0 Å². The molecule has 2 rings (SSSR count). The summed E-state index contributed by atoms with van der Waals surface area (Å²) in [6.45, 7) is 1.77. The third kappa shape index (κ3) is 1.37. The van der Waals surface area contributed by atoms with Gasteiger partial charge in [-0.15, -0.1) is 0 Å². The molecule has 2 heteroatoms. The second-order valence-corrected chi connectivity index (χ2v) is 4.75. The van der Waals surface area contributed by atoms with Gasteiger partial charge >= 0.3 is 5.97 Å². The molecule has 0 aromatic carbocycles. The van der Waals surface area contributed by atoms with Crippen LogP contribution in [-0.2, 0) is 4.79 Å². The lowest BCUT2D eigenvalue weighted by Crippen LogP contribution is -2.36. The van der Waals surface area contributed by atoms with Gasteiger partial charge in [-0.25, -0.2) is 4.79 Å². The number of carboxylic acid groups (broad SMARTS) is 1. The van der Waals surface area contributed by atoms with Gasteiger partial charge in [-0.3, -0.25) is 0 Å². The average Bonchev–Trinajstić information content (AvgIpc) is 2.17. The van der Waals surface area contributed by atoms with Crippen LogP contribution in [-0.4, -0.2) is 11.1 Å². The molecule has 2 saturated carbocycles. The van der Waals surface area contributed by atoms with Gasteiger partial charge < -0.3 is 5.11 Å². The maximum atomic E-state index is 10.9. The van der Waals surface area contributed by atoms with Gasteiger partial charge in [-0.2, -0.15) is 0 Å². The molecule has 1 spiro atoms. The summed E-state index contributed by atoms with van der Waals surface area (Å²) in [6, 6.07) is 0. The number of hydrogen-bond donors (Lipinski definition) is 1. The summed E-state index contributed by atoms with van der Waals surface area (Å²) in [5.74, 6) is -0.718. The molecule has 0 aliphatic heterocycles. The Morgan fingerprint density at radius 1 is 1.21 bits per heavy atom. The van der Waals surface area contributed by atoms with Crippen LogP contribution in [0.5, 0.6) is 0 Å². The largest absolute Gasteiger partial charge is 0.478 e. The van der Waals surface area contributed by atoms with Gasteiger partial charge in [0.15, 0.2) is 0 Å². The highest BCUT2D eigenvalue weighted by Gasteiger charge is 2.43. The predicted octanol–water partition coefficient (Wildman–Crippen LogP) is 3.13. The summed E-state index contributed by atoms with van der Waals surface area (Å²) in [4.78, 5) is 10.9. The van der Waals surface area contributed by atoms with Gasteiger partial charge in [0, 0.05) is 5.57 Å². The summed E-state index contributed by atoms with van der Waals surface area (Å²) in [5.41, 5.74) is 2.20. The SMILES string of the molecule is C/C(C(=O)O)=C1/CCC12CCCCC2. The third-order valence-electron chi connectivity index (χ3n) is 4.08. The molecule has 0 bridgehead atoms. The number of carbonyl (C=O) groups is 1. The van der Waals surface area contributed by atoms with Crippen molar-refractivity contribution in [2.24, 2.45) is 5.41 Å². The van der Waals surface area contributed by atoms with Crippen molar-refractivity contribution in [3.8, 4) is 0 Å². The minimum Gasteiger partial charge on any atom is -0.478 e. The summed E-state index contributed by atoms with van der Waals surface area (Å²) >= 11 is 0. The van der Waals surface area contributed by atoms with E-state index < -0.39 is 5.97 Å². The van der Waals surface area contributed by atoms with Crippen LogP contribution in [0.15, 0.2) is 11.1 Å². The molecule has 0 atom stereocenters. The quantitative estimate of drug-likeness (QED) is 0.651. The van der Waals surface area contributed by atoms with E-state index in [-0.39, 0.29) is 0 Å². The molecule has 0 heterocycles. The number of rotatable bonds is 1. The Bertz CT molecular complexity index is 283. The van der Waals surface area contributed by atoms with E-state index in [0.29, 0.717) is 11.0 Å². The Morgan fingerprint density at radius 3 is 2.29 bits per heavy atom. The maximum Gasteiger partial charge on any atom is 0.331 e. The van der Waals surface area contributed by atoms with E-state index >= 15 is 0 Å². The number of aliphatic carboxylic acids is 1. The zero-order valence-electron chi connectivity index (χ0n) is 8.81. The van der Waals surface area contributed by atoms with Crippen molar-refractivity contribution < 1.29 is 9.90 Å². The van der Waals surface area contributed by atoms with Crippen LogP contribution in [0.4, 0.5) is 0 Å². The van der Waals surface area contributed by atoms with Crippen molar-refractivity contribution >= 4 is 5.97 Å². The maximum absolute atomic E-state index is 10.9. The molecule has 78 valence electrons. The van der Waals surface area contributed by atoms with Crippen molar-refractivity contribution in [2.75, 3.05) is 0 Å². The Hall–Kier alpha value is -0.790. The lowest BCUT2D eigenvalue weighted by molar-refractivity contribution is -0.132. The standard InChI is InChI=1S/C12H18O2/c1-9(11(13)14)10-5-8-12(10)6-3-2-4-7-12/h2-8H2,1H3,(H,13,14)/b10-9+. The molecule has 2 fully saturated rings. The molecule has 0 aromatic heterocycles. The monoisotopic (exact) mass is 194 g/mol. The zero-order chi connectivity index (χ0) is 10.2. The van der Waals surface area contributed by atoms with Crippen LogP contribution >= 0.6 is 0 Å². The van der Waals surface area contributed by atoms with Crippen molar-refractivity contribution in [3.63, 3.8) is 0 Å². The van der Waals surface area contributed by atoms with Gasteiger partial charge in [0.2, 0.25) is 0 Å². The van der Waals surface area contributed by atoms with E-state index in [1.54, 1.807) is 6.92 Å². The minimum atomic E-state index is -0.718. The second kappa shape index (κ2) is 3.41. The van der Waals surface area contributed by atoms with Gasteiger partial charge in [0.1, 0.15) is 0 Å². The van der Waals surface area contributed by atoms with Crippen molar-refractivity contribution in [3.05, 3.63) is 11.1 Å². The van der Waals surface area contributed by atoms with E-state index in [2.05, 4.69) is 0 Å². The molecule has 0 radical (unpaired) electrons. The van der Waals surface area contributed by atoms with Gasteiger partial charge in [0.25, 0.3) is 0 Å². The normalized spacial score (nSPS) is 28.4. The molecule has 2 nitrogen and oxygen atoms in total. The summed E-state index contributed by atoms with van der Waals surface area (Å²) in [7, 11) is 0. The molecule has 0 aromatic rings. The van der Waals surface area contributed by atoms with Crippen molar-refractivity contribution in [2.45, 2.75) is 51.9 Å². The van der Waals surface area contributed by atoms with E-state index in [1.165, 1.54) is 44.1 Å². The average molecular weight is 194 g/mol. The van der Waals surface area contributed by atoms with Crippen molar-refractivity contribution in [1.29, 1.82) is 0 Å². The number of carboxylic acids is 1. The van der Waals surface area contributed by atoms with E-state index in [4.69, 9.17) is 5.11 Å². The van der Waals surface area contributed by atoms with Crippen LogP contribution in [0, 0.1) is 5.41 Å². The highest BCUT2D eigenvalue weighted by molar-refractivity contribution is 5.87. The van der Waals surface area contributed by atoms with Crippen LogP contribution < -0.4 is 0 Å². The van der Waals surface area contributed by atoms with Gasteiger partial charge in [-0.1, -0.05) is 24.8 Å². The molecule has 0 unspecified atom stereocenters. The fourth-order valence-electron chi connectivity index (χ4n) is 3.10. The Balaban J connectivity index is 2.22.